The molecule has 0 fully saturated rings. The topological polar surface area (TPSA) is 26.3 Å². The van der Waals surface area contributed by atoms with Crippen molar-refractivity contribution in [3.63, 3.8) is 0 Å². The van der Waals surface area contributed by atoms with Gasteiger partial charge in [-0.05, 0) is 23.6 Å². The molecule has 0 saturated carbocycles. The predicted molar refractivity (Wildman–Crippen MR) is 61.9 cm³/mol. The highest BCUT2D eigenvalue weighted by molar-refractivity contribution is 6.34. The van der Waals surface area contributed by atoms with Crippen molar-refractivity contribution in [2.45, 2.75) is 25.9 Å². The highest BCUT2D eigenvalue weighted by atomic mass is 35.5. The van der Waals surface area contributed by atoms with Gasteiger partial charge in [0.15, 0.2) is 0 Å². The Balaban J connectivity index is 3.52. The number of rotatable bonds is 2. The van der Waals surface area contributed by atoms with Crippen LogP contribution < -0.4 is 0 Å². The van der Waals surface area contributed by atoms with Crippen LogP contribution in [0.4, 0.5) is 13.2 Å². The smallest absolute Gasteiger partial charge is 0.416 e. The molecule has 1 rings (SSSR count). The van der Waals surface area contributed by atoms with Crippen LogP contribution in [0.1, 0.15) is 41.3 Å². The Morgan fingerprint density at radius 1 is 1.33 bits per heavy atom. The van der Waals surface area contributed by atoms with Gasteiger partial charge >= 0.3 is 12.1 Å². The zero-order chi connectivity index (χ0) is 14.1. The number of esters is 1. The molecule has 0 amide bonds. The Kier molecular flexibility index (Phi) is 4.27. The molecular formula is C12H12ClF3O2. The fraction of sp³-hybridized carbons (Fsp3) is 0.417. The first-order chi connectivity index (χ1) is 8.18. The maximum atomic E-state index is 12.7. The lowest BCUT2D eigenvalue weighted by Crippen LogP contribution is -2.11. The maximum Gasteiger partial charge on any atom is 0.416 e. The summed E-state index contributed by atoms with van der Waals surface area (Å²) >= 11 is 5.93. The van der Waals surface area contributed by atoms with Gasteiger partial charge in [0.25, 0.3) is 0 Å². The second-order valence-electron chi connectivity index (χ2n) is 4.07. The number of carbonyl (C=O) groups excluding carboxylic acids is 1. The van der Waals surface area contributed by atoms with Crippen LogP contribution in [0.3, 0.4) is 0 Å². The molecule has 0 heterocycles. The average Bonchev–Trinajstić information content (AvgIpc) is 2.26. The Hall–Kier alpha value is -1.23. The zero-order valence-corrected chi connectivity index (χ0v) is 10.8. The molecule has 0 aliphatic rings. The Bertz CT molecular complexity index is 467. The van der Waals surface area contributed by atoms with Gasteiger partial charge in [0, 0.05) is 0 Å². The van der Waals surface area contributed by atoms with E-state index in [-0.39, 0.29) is 22.1 Å². The lowest BCUT2D eigenvalue weighted by atomic mass is 9.97. The third-order valence-corrected chi connectivity index (χ3v) is 2.88. The third-order valence-electron chi connectivity index (χ3n) is 2.46. The molecule has 1 aromatic rings. The molecule has 0 radical (unpaired) electrons. The van der Waals surface area contributed by atoms with E-state index >= 15 is 0 Å². The van der Waals surface area contributed by atoms with Crippen molar-refractivity contribution in [2.75, 3.05) is 7.11 Å². The van der Waals surface area contributed by atoms with Crippen molar-refractivity contribution in [1.29, 1.82) is 0 Å². The van der Waals surface area contributed by atoms with E-state index in [9.17, 15) is 18.0 Å². The number of ether oxygens (including phenoxy) is 1. The molecular weight excluding hydrogens is 269 g/mol. The van der Waals surface area contributed by atoms with Gasteiger partial charge in [0.1, 0.15) is 0 Å². The van der Waals surface area contributed by atoms with Crippen molar-refractivity contribution >= 4 is 17.6 Å². The zero-order valence-electron chi connectivity index (χ0n) is 10.1. The summed E-state index contributed by atoms with van der Waals surface area (Å²) in [5.74, 6) is -1.11. The number of carbonyl (C=O) groups is 1. The van der Waals surface area contributed by atoms with Crippen molar-refractivity contribution in [2.24, 2.45) is 0 Å². The SMILES string of the molecule is COC(=O)c1cc(C(F)(F)F)cc(C(C)C)c1Cl. The van der Waals surface area contributed by atoms with Crippen LogP contribution in [0.5, 0.6) is 0 Å². The summed E-state index contributed by atoms with van der Waals surface area (Å²) in [4.78, 5) is 11.4. The van der Waals surface area contributed by atoms with Gasteiger partial charge in [-0.25, -0.2) is 4.79 Å². The van der Waals surface area contributed by atoms with E-state index in [2.05, 4.69) is 4.74 Å². The van der Waals surface area contributed by atoms with E-state index in [1.807, 2.05) is 0 Å². The maximum absolute atomic E-state index is 12.7. The van der Waals surface area contributed by atoms with E-state index < -0.39 is 17.7 Å². The fourth-order valence-corrected chi connectivity index (χ4v) is 1.89. The first-order valence-corrected chi connectivity index (χ1v) is 5.55. The first-order valence-electron chi connectivity index (χ1n) is 5.17. The minimum Gasteiger partial charge on any atom is -0.465 e. The summed E-state index contributed by atoms with van der Waals surface area (Å²) in [7, 11) is 1.09. The van der Waals surface area contributed by atoms with Crippen LogP contribution in [0.15, 0.2) is 12.1 Å². The van der Waals surface area contributed by atoms with Gasteiger partial charge in [-0.1, -0.05) is 25.4 Å². The summed E-state index contributed by atoms with van der Waals surface area (Å²) in [5.41, 5.74) is -0.902. The van der Waals surface area contributed by atoms with E-state index in [1.165, 1.54) is 0 Å². The average molecular weight is 281 g/mol. The molecule has 6 heteroatoms. The standard InChI is InChI=1S/C12H12ClF3O2/c1-6(2)8-4-7(12(14,15)16)5-9(10(8)13)11(17)18-3/h4-6H,1-3H3. The number of methoxy groups -OCH3 is 1. The molecule has 0 saturated heterocycles. The molecule has 2 nitrogen and oxygen atoms in total. The summed E-state index contributed by atoms with van der Waals surface area (Å²) < 4.78 is 42.6. The van der Waals surface area contributed by atoms with Gasteiger partial charge in [-0.15, -0.1) is 0 Å². The number of hydrogen-bond donors (Lipinski definition) is 0. The Morgan fingerprint density at radius 2 is 1.89 bits per heavy atom. The Morgan fingerprint density at radius 3 is 2.28 bits per heavy atom. The van der Waals surface area contributed by atoms with Crippen LogP contribution in [0.2, 0.25) is 5.02 Å². The van der Waals surface area contributed by atoms with Crippen LogP contribution in [0.25, 0.3) is 0 Å². The van der Waals surface area contributed by atoms with Gasteiger partial charge < -0.3 is 4.74 Å². The minimum absolute atomic E-state index is 0.00449. The predicted octanol–water partition coefficient (Wildman–Crippen LogP) is 4.27. The number of hydrogen-bond acceptors (Lipinski definition) is 2. The van der Waals surface area contributed by atoms with E-state index in [0.29, 0.717) is 6.07 Å². The second kappa shape index (κ2) is 5.18. The van der Waals surface area contributed by atoms with Gasteiger partial charge in [-0.2, -0.15) is 13.2 Å². The number of halogens is 4. The van der Waals surface area contributed by atoms with Crippen molar-refractivity contribution in [1.82, 2.24) is 0 Å². The lowest BCUT2D eigenvalue weighted by molar-refractivity contribution is -0.137. The molecule has 18 heavy (non-hydrogen) atoms. The monoisotopic (exact) mass is 280 g/mol. The first kappa shape index (κ1) is 14.8. The van der Waals surface area contributed by atoms with E-state index in [4.69, 9.17) is 11.6 Å². The summed E-state index contributed by atoms with van der Waals surface area (Å²) in [6, 6.07) is 1.67. The van der Waals surface area contributed by atoms with Crippen LogP contribution in [-0.2, 0) is 10.9 Å². The van der Waals surface area contributed by atoms with Crippen molar-refractivity contribution in [3.05, 3.63) is 33.8 Å². The molecule has 0 bridgehead atoms. The number of benzene rings is 1. The molecule has 0 aliphatic carbocycles. The molecule has 100 valence electrons. The van der Waals surface area contributed by atoms with Crippen molar-refractivity contribution < 1.29 is 22.7 Å². The largest absolute Gasteiger partial charge is 0.465 e. The van der Waals surface area contributed by atoms with Gasteiger partial charge in [-0.3, -0.25) is 0 Å². The molecule has 0 N–H and O–H groups in total. The normalized spacial score (nSPS) is 11.8. The van der Waals surface area contributed by atoms with Gasteiger partial charge in [0.2, 0.25) is 0 Å². The van der Waals surface area contributed by atoms with Gasteiger partial charge in [0.05, 0.1) is 23.3 Å². The fourth-order valence-electron chi connectivity index (χ4n) is 1.49. The molecule has 0 spiro atoms. The number of alkyl halides is 3. The second-order valence-corrected chi connectivity index (χ2v) is 4.45. The summed E-state index contributed by atoms with van der Waals surface area (Å²) in [6.45, 7) is 3.39. The van der Waals surface area contributed by atoms with Crippen LogP contribution >= 0.6 is 11.6 Å². The highest BCUT2D eigenvalue weighted by Crippen LogP contribution is 2.36. The van der Waals surface area contributed by atoms with Crippen LogP contribution in [-0.4, -0.2) is 13.1 Å². The molecule has 0 aliphatic heterocycles. The van der Waals surface area contributed by atoms with Crippen molar-refractivity contribution in [3.8, 4) is 0 Å². The van der Waals surface area contributed by atoms with Crippen LogP contribution in [0, 0.1) is 0 Å². The quantitative estimate of drug-likeness (QED) is 0.756. The minimum atomic E-state index is -4.53. The van der Waals surface area contributed by atoms with E-state index in [1.54, 1.807) is 13.8 Å². The highest BCUT2D eigenvalue weighted by Gasteiger charge is 2.33. The molecule has 0 unspecified atom stereocenters. The lowest BCUT2D eigenvalue weighted by Gasteiger charge is -2.15. The summed E-state index contributed by atoms with van der Waals surface area (Å²) in [6.07, 6.45) is -4.53. The molecule has 0 atom stereocenters. The Labute approximate surface area is 108 Å². The van der Waals surface area contributed by atoms with E-state index in [0.717, 1.165) is 13.2 Å². The molecule has 0 aromatic heterocycles. The third kappa shape index (κ3) is 2.96. The molecule has 1 aromatic carbocycles. The summed E-state index contributed by atoms with van der Waals surface area (Å²) in [5, 5.41) is 0.00449.